The quantitative estimate of drug-likeness (QED) is 0.354. The van der Waals surface area contributed by atoms with Crippen LogP contribution in [0.15, 0.2) is 48.5 Å². The summed E-state index contributed by atoms with van der Waals surface area (Å²) in [6, 6.07) is 12.7. The molecule has 190 valence electrons. The van der Waals surface area contributed by atoms with E-state index in [0.717, 1.165) is 11.1 Å². The first-order chi connectivity index (χ1) is 17.1. The number of halogens is 2. The first kappa shape index (κ1) is 26.6. The van der Waals surface area contributed by atoms with Crippen LogP contribution in [-0.2, 0) is 16.1 Å². The van der Waals surface area contributed by atoms with Gasteiger partial charge in [0.25, 0.3) is 11.8 Å². The Balaban J connectivity index is 2.03. The number of anilines is 1. The largest absolute Gasteiger partial charge is 0.479 e. The normalized spacial score (nSPS) is 11.8. The second-order valence-electron chi connectivity index (χ2n) is 8.31. The van der Waals surface area contributed by atoms with Crippen LogP contribution in [0.2, 0.25) is 0 Å². The monoisotopic (exact) mass is 499 g/mol. The lowest BCUT2D eigenvalue weighted by molar-refractivity contribution is -0.145. The average Bonchev–Trinajstić information content (AvgIpc) is 2.84. The Bertz CT molecular complexity index is 1270. The van der Waals surface area contributed by atoms with E-state index in [1.54, 1.807) is 26.0 Å². The van der Waals surface area contributed by atoms with Crippen molar-refractivity contribution in [1.29, 1.82) is 0 Å². The van der Waals surface area contributed by atoms with Crippen LogP contribution >= 0.6 is 0 Å². The molecule has 36 heavy (non-hydrogen) atoms. The predicted octanol–water partition coefficient (Wildman–Crippen LogP) is 5.11. The fourth-order valence-corrected chi connectivity index (χ4v) is 3.20. The Labute approximate surface area is 207 Å². The zero-order chi connectivity index (χ0) is 26.4. The number of rotatable bonds is 10. The lowest BCUT2D eigenvalue weighted by atomic mass is 10.0. The van der Waals surface area contributed by atoms with Crippen molar-refractivity contribution in [1.82, 2.24) is 4.98 Å². The second-order valence-corrected chi connectivity index (χ2v) is 8.31. The number of carbonyl (C=O) groups excluding carboxylic acids is 1. The highest BCUT2D eigenvalue weighted by atomic mass is 19.1. The molecule has 8 nitrogen and oxygen atoms in total. The molecular weight excluding hydrogens is 472 g/mol. The molecule has 10 heteroatoms. The maximum Gasteiger partial charge on any atom is 0.344 e. The molecule has 0 saturated carbocycles. The van der Waals surface area contributed by atoms with Gasteiger partial charge in [0.1, 0.15) is 5.75 Å². The van der Waals surface area contributed by atoms with E-state index in [0.29, 0.717) is 23.9 Å². The fraction of sp³-hybridized carbons (Fsp3) is 0.269. The molecule has 0 spiro atoms. The summed E-state index contributed by atoms with van der Waals surface area (Å²) >= 11 is 0. The third-order valence-corrected chi connectivity index (χ3v) is 5.17. The molecule has 1 atom stereocenters. The van der Waals surface area contributed by atoms with Crippen LogP contribution in [0.4, 0.5) is 14.5 Å². The average molecular weight is 500 g/mol. The van der Waals surface area contributed by atoms with E-state index >= 15 is 0 Å². The number of ether oxygens (including phenoxy) is 2. The number of aliphatic carboxylic acids is 1. The number of nitrogens with two attached hydrogens (primary N) is 1. The van der Waals surface area contributed by atoms with E-state index in [4.69, 9.17) is 15.2 Å². The molecule has 0 aliphatic carbocycles. The van der Waals surface area contributed by atoms with Crippen LogP contribution in [0.5, 0.6) is 17.5 Å². The van der Waals surface area contributed by atoms with Crippen molar-refractivity contribution in [3.05, 3.63) is 65.7 Å². The first-order valence-corrected chi connectivity index (χ1v) is 11.3. The Morgan fingerprint density at radius 2 is 1.78 bits per heavy atom. The van der Waals surface area contributed by atoms with Crippen LogP contribution in [0.1, 0.15) is 32.8 Å². The van der Waals surface area contributed by atoms with E-state index in [1.807, 2.05) is 24.3 Å². The fourth-order valence-electron chi connectivity index (χ4n) is 3.20. The molecule has 0 fully saturated rings. The predicted molar refractivity (Wildman–Crippen MR) is 130 cm³/mol. The van der Waals surface area contributed by atoms with Gasteiger partial charge in [-0.25, -0.2) is 13.6 Å². The Morgan fingerprint density at radius 3 is 2.42 bits per heavy atom. The van der Waals surface area contributed by atoms with Gasteiger partial charge < -0.3 is 25.6 Å². The second kappa shape index (κ2) is 11.6. The van der Waals surface area contributed by atoms with Crippen LogP contribution in [-0.4, -0.2) is 28.1 Å². The summed E-state index contributed by atoms with van der Waals surface area (Å²) in [5.41, 5.74) is 8.42. The lowest BCUT2D eigenvalue weighted by Crippen LogP contribution is -2.26. The first-order valence-electron chi connectivity index (χ1n) is 11.3. The smallest absolute Gasteiger partial charge is 0.344 e. The maximum absolute atomic E-state index is 14.5. The number of pyridine rings is 1. The molecule has 2 aromatic carbocycles. The minimum Gasteiger partial charge on any atom is -0.479 e. The van der Waals surface area contributed by atoms with Gasteiger partial charge in [-0.3, -0.25) is 4.79 Å². The zero-order valence-electron chi connectivity index (χ0n) is 20.0. The number of carboxylic acids is 1. The molecule has 3 aromatic rings. The molecule has 1 aromatic heterocycles. The van der Waals surface area contributed by atoms with Crippen molar-refractivity contribution in [2.24, 2.45) is 11.7 Å². The van der Waals surface area contributed by atoms with Crippen molar-refractivity contribution >= 4 is 17.6 Å². The van der Waals surface area contributed by atoms with Gasteiger partial charge in [0.2, 0.25) is 5.91 Å². The highest BCUT2D eigenvalue weighted by Gasteiger charge is 2.23. The van der Waals surface area contributed by atoms with Gasteiger partial charge >= 0.3 is 5.97 Å². The maximum atomic E-state index is 14.5. The molecule has 1 amide bonds. The highest BCUT2D eigenvalue weighted by Crippen LogP contribution is 2.33. The number of carboxylic acid groups (broad SMARTS) is 1. The summed E-state index contributed by atoms with van der Waals surface area (Å²) in [4.78, 5) is 27.3. The summed E-state index contributed by atoms with van der Waals surface area (Å²) in [6.07, 6.45) is -1.34. The van der Waals surface area contributed by atoms with Gasteiger partial charge in [-0.2, -0.15) is 4.98 Å². The molecular formula is C26H27F2N3O5. The summed E-state index contributed by atoms with van der Waals surface area (Å²) in [6.45, 7) is 5.34. The minimum absolute atomic E-state index is 0.0346. The number of nitrogens with one attached hydrogen (secondary N) is 1. The lowest BCUT2D eigenvalue weighted by Gasteiger charge is -2.16. The summed E-state index contributed by atoms with van der Waals surface area (Å²) in [7, 11) is 0. The molecule has 0 radical (unpaired) electrons. The Hall–Kier alpha value is -4.05. The molecule has 0 bridgehead atoms. The van der Waals surface area contributed by atoms with Gasteiger partial charge in [-0.05, 0) is 41.3 Å². The van der Waals surface area contributed by atoms with Crippen LogP contribution < -0.4 is 20.5 Å². The Morgan fingerprint density at radius 1 is 1.06 bits per heavy atom. The number of benzene rings is 2. The SMILES string of the molecule is CCC(Oc1nc(Oc2cc(NC(=O)C(C)C)cc(-c3cccc(CN)c3)c2)c(F)cc1F)C(=O)O. The van der Waals surface area contributed by atoms with Crippen LogP contribution in [0, 0.1) is 17.6 Å². The number of amides is 1. The van der Waals surface area contributed by atoms with E-state index < -0.39 is 35.5 Å². The highest BCUT2D eigenvalue weighted by molar-refractivity contribution is 5.93. The minimum atomic E-state index is -1.37. The number of nitrogens with zero attached hydrogens (tertiary/aromatic N) is 1. The molecule has 1 heterocycles. The molecule has 0 aliphatic rings. The third kappa shape index (κ3) is 6.54. The van der Waals surface area contributed by atoms with E-state index in [2.05, 4.69) is 10.3 Å². The van der Waals surface area contributed by atoms with Crippen LogP contribution in [0.25, 0.3) is 11.1 Å². The van der Waals surface area contributed by atoms with Crippen molar-refractivity contribution in [3.8, 4) is 28.6 Å². The van der Waals surface area contributed by atoms with Gasteiger partial charge in [-0.1, -0.05) is 39.0 Å². The molecule has 4 N–H and O–H groups in total. The Kier molecular flexibility index (Phi) is 8.55. The summed E-state index contributed by atoms with van der Waals surface area (Å²) in [5.74, 6) is -5.38. The van der Waals surface area contributed by atoms with Crippen molar-refractivity contribution in [2.45, 2.75) is 39.8 Å². The summed E-state index contributed by atoms with van der Waals surface area (Å²) < 4.78 is 39.5. The standard InChI is InChI=1S/C26H27F2N3O5/c1-4-22(26(33)34)36-25-21(28)12-20(27)24(31-25)35-19-10-17(16-7-5-6-15(8-16)13-29)9-18(11-19)30-23(32)14(2)3/h5-12,14,22H,4,13,29H2,1-3H3,(H,30,32)(H,33,34). The number of hydrogen-bond acceptors (Lipinski definition) is 6. The van der Waals surface area contributed by atoms with E-state index in [9.17, 15) is 23.5 Å². The third-order valence-electron chi connectivity index (χ3n) is 5.17. The van der Waals surface area contributed by atoms with Crippen molar-refractivity contribution in [2.75, 3.05) is 5.32 Å². The summed E-state index contributed by atoms with van der Waals surface area (Å²) in [5, 5.41) is 12.0. The number of aromatic nitrogens is 1. The molecule has 1 unspecified atom stereocenters. The number of hydrogen-bond donors (Lipinski definition) is 3. The zero-order valence-corrected chi connectivity index (χ0v) is 20.0. The van der Waals surface area contributed by atoms with Gasteiger partial charge in [0.15, 0.2) is 17.7 Å². The molecule has 3 rings (SSSR count). The van der Waals surface area contributed by atoms with E-state index in [1.165, 1.54) is 13.0 Å². The molecule has 0 saturated heterocycles. The molecule has 0 aliphatic heterocycles. The van der Waals surface area contributed by atoms with Gasteiger partial charge in [-0.15, -0.1) is 0 Å². The van der Waals surface area contributed by atoms with Gasteiger partial charge in [0.05, 0.1) is 0 Å². The van der Waals surface area contributed by atoms with Crippen LogP contribution in [0.3, 0.4) is 0 Å². The van der Waals surface area contributed by atoms with Crippen molar-refractivity contribution < 1.29 is 33.0 Å². The topological polar surface area (TPSA) is 124 Å². The van der Waals surface area contributed by atoms with E-state index in [-0.39, 0.29) is 24.0 Å². The van der Waals surface area contributed by atoms with Gasteiger partial charge in [0, 0.05) is 30.3 Å². The number of carbonyl (C=O) groups is 2. The van der Waals surface area contributed by atoms with Crippen molar-refractivity contribution in [3.63, 3.8) is 0 Å².